The fourth-order valence-corrected chi connectivity index (χ4v) is 5.66. The quantitative estimate of drug-likeness (QED) is 0.165. The standard InChI is InChI=1S/C21H17.C18H17.2ClH.Zr/c1-14-11-20-15(2)7-10-19(21(20)12-14)18-9-8-16-5-3-4-6-17(16)13-18;1-13(2)16-11-15-9-6-10-17(18(15)12-16)14-7-4-3-5-8-14;;;/h3-13H,1-2H3;3-13H,1-2H3;2*1H;/q2*-1;;;+4/p-2. The van der Waals surface area contributed by atoms with Gasteiger partial charge in [-0.1, -0.05) is 118 Å². The van der Waals surface area contributed by atoms with E-state index in [9.17, 15) is 0 Å². The summed E-state index contributed by atoms with van der Waals surface area (Å²) in [5.74, 6) is 0.584. The van der Waals surface area contributed by atoms with Crippen LogP contribution in [0, 0.1) is 13.8 Å². The van der Waals surface area contributed by atoms with E-state index in [1.165, 1.54) is 71.3 Å². The van der Waals surface area contributed by atoms with Crippen LogP contribution in [0.25, 0.3) is 54.6 Å². The SMILES string of the molecule is CC(C)c1cc2c(-c3ccccc3)cccc2[cH-]1.Cc1cc2c(-c3ccc4ccccc4c3)ccc(C)c2[cH-]1.[Cl][Zr+2][Cl]. The van der Waals surface area contributed by atoms with E-state index in [1.54, 1.807) is 0 Å². The molecule has 0 N–H and O–H groups in total. The van der Waals surface area contributed by atoms with E-state index in [-0.39, 0.29) is 0 Å². The first-order valence-electron chi connectivity index (χ1n) is 14.3. The number of hydrogen-bond acceptors (Lipinski definition) is 0. The van der Waals surface area contributed by atoms with Gasteiger partial charge in [-0.05, 0) is 33.9 Å². The molecule has 0 saturated heterocycles. The second-order valence-corrected chi connectivity index (χ2v) is 14.8. The third-order valence-corrected chi connectivity index (χ3v) is 7.83. The second kappa shape index (κ2) is 14.0. The first-order chi connectivity index (χ1) is 20.4. The molecule has 42 heavy (non-hydrogen) atoms. The maximum atomic E-state index is 4.93. The van der Waals surface area contributed by atoms with Gasteiger partial charge in [0.15, 0.2) is 0 Å². The summed E-state index contributed by atoms with van der Waals surface area (Å²) in [6.07, 6.45) is 0. The summed E-state index contributed by atoms with van der Waals surface area (Å²) >= 11 is -0.826. The van der Waals surface area contributed by atoms with Gasteiger partial charge in [0.25, 0.3) is 0 Å². The average molecular weight is 665 g/mol. The van der Waals surface area contributed by atoms with E-state index in [0.717, 1.165) is 0 Å². The molecule has 0 heterocycles. The maximum absolute atomic E-state index is 4.93. The van der Waals surface area contributed by atoms with Gasteiger partial charge in [0, 0.05) is 0 Å². The van der Waals surface area contributed by atoms with Crippen molar-refractivity contribution in [1.82, 2.24) is 0 Å². The molecule has 0 bridgehead atoms. The second-order valence-electron chi connectivity index (χ2n) is 11.0. The van der Waals surface area contributed by atoms with Crippen molar-refractivity contribution < 1.29 is 20.8 Å². The molecule has 0 amide bonds. The van der Waals surface area contributed by atoms with E-state index < -0.39 is 20.8 Å². The average Bonchev–Trinajstić information content (AvgIpc) is 3.63. The van der Waals surface area contributed by atoms with Crippen molar-refractivity contribution in [3.63, 3.8) is 0 Å². The summed E-state index contributed by atoms with van der Waals surface area (Å²) in [7, 11) is 9.87. The van der Waals surface area contributed by atoms with Crippen molar-refractivity contribution in [2.45, 2.75) is 33.6 Å². The number of hydrogen-bond donors (Lipinski definition) is 0. The zero-order valence-corrected chi connectivity index (χ0v) is 28.4. The predicted octanol–water partition coefficient (Wildman–Crippen LogP) is 12.7. The van der Waals surface area contributed by atoms with Crippen LogP contribution >= 0.6 is 17.0 Å². The Kier molecular flexibility index (Phi) is 10.2. The molecular weight excluding hydrogens is 631 g/mol. The van der Waals surface area contributed by atoms with Crippen LogP contribution in [-0.4, -0.2) is 0 Å². The van der Waals surface area contributed by atoms with Crippen molar-refractivity contribution in [1.29, 1.82) is 0 Å². The molecule has 0 fully saturated rings. The Morgan fingerprint density at radius 2 is 1.29 bits per heavy atom. The Morgan fingerprint density at radius 1 is 0.595 bits per heavy atom. The Hall–Kier alpha value is -2.96. The molecule has 208 valence electrons. The van der Waals surface area contributed by atoms with Gasteiger partial charge in [-0.3, -0.25) is 0 Å². The van der Waals surface area contributed by atoms with Crippen LogP contribution in [0.1, 0.15) is 36.5 Å². The number of halogens is 2. The molecule has 3 heteroatoms. The molecule has 0 atom stereocenters. The molecule has 0 radical (unpaired) electrons. The van der Waals surface area contributed by atoms with Gasteiger partial charge in [0.05, 0.1) is 0 Å². The first-order valence-corrected chi connectivity index (χ1v) is 20.6. The molecule has 0 aromatic heterocycles. The normalized spacial score (nSPS) is 10.7. The minimum absolute atomic E-state index is 0.584. The van der Waals surface area contributed by atoms with Gasteiger partial charge in [0.1, 0.15) is 0 Å². The minimum atomic E-state index is -0.826. The van der Waals surface area contributed by atoms with E-state index in [4.69, 9.17) is 17.0 Å². The van der Waals surface area contributed by atoms with E-state index in [1.807, 2.05) is 0 Å². The number of benzene rings is 5. The van der Waals surface area contributed by atoms with Gasteiger partial charge in [-0.15, -0.1) is 68.6 Å². The van der Waals surface area contributed by atoms with Crippen LogP contribution in [0.15, 0.2) is 127 Å². The molecule has 0 unspecified atom stereocenters. The van der Waals surface area contributed by atoms with Crippen molar-refractivity contribution in [3.8, 4) is 22.3 Å². The number of aryl methyl sites for hydroxylation is 2. The molecule has 7 aromatic rings. The molecule has 0 aliphatic rings. The van der Waals surface area contributed by atoms with Crippen LogP contribution in [0.3, 0.4) is 0 Å². The molecule has 0 aliphatic heterocycles. The summed E-state index contributed by atoms with van der Waals surface area (Å²) in [4.78, 5) is 0. The Bertz CT molecular complexity index is 1930. The Labute approximate surface area is 268 Å². The van der Waals surface area contributed by atoms with Crippen LogP contribution in [-0.2, 0) is 20.8 Å². The topological polar surface area (TPSA) is 0 Å². The van der Waals surface area contributed by atoms with Gasteiger partial charge in [-0.2, -0.15) is 12.1 Å². The first kappa shape index (κ1) is 30.5. The van der Waals surface area contributed by atoms with Crippen LogP contribution in [0.2, 0.25) is 0 Å². The third-order valence-electron chi connectivity index (χ3n) is 7.83. The van der Waals surface area contributed by atoms with Crippen LogP contribution in [0.5, 0.6) is 0 Å². The molecule has 0 nitrogen and oxygen atoms in total. The Balaban J connectivity index is 0.000000155. The zero-order valence-electron chi connectivity index (χ0n) is 24.5. The van der Waals surface area contributed by atoms with E-state index in [2.05, 4.69) is 155 Å². The molecule has 7 aromatic carbocycles. The number of rotatable bonds is 3. The fourth-order valence-electron chi connectivity index (χ4n) is 5.66. The summed E-state index contributed by atoms with van der Waals surface area (Å²) < 4.78 is 0. The third kappa shape index (κ3) is 6.81. The summed E-state index contributed by atoms with van der Waals surface area (Å²) in [5, 5.41) is 8.05. The molecule has 0 aliphatic carbocycles. The monoisotopic (exact) mass is 662 g/mol. The van der Waals surface area contributed by atoms with Gasteiger partial charge < -0.3 is 0 Å². The van der Waals surface area contributed by atoms with Gasteiger partial charge >= 0.3 is 37.9 Å². The van der Waals surface area contributed by atoms with Crippen molar-refractivity contribution in [2.24, 2.45) is 0 Å². The Morgan fingerprint density at radius 3 is 2.02 bits per heavy atom. The zero-order chi connectivity index (χ0) is 29.6. The molecule has 7 rings (SSSR count). The van der Waals surface area contributed by atoms with Crippen molar-refractivity contribution in [3.05, 3.63) is 144 Å². The van der Waals surface area contributed by atoms with Crippen molar-refractivity contribution >= 4 is 49.3 Å². The molecular formula is C39H34Cl2Zr. The summed E-state index contributed by atoms with van der Waals surface area (Å²) in [6.45, 7) is 8.85. The van der Waals surface area contributed by atoms with Crippen LogP contribution in [0.4, 0.5) is 0 Å². The molecule has 0 saturated carbocycles. The summed E-state index contributed by atoms with van der Waals surface area (Å²) in [6, 6.07) is 46.2. The van der Waals surface area contributed by atoms with Gasteiger partial charge in [-0.25, -0.2) is 0 Å². The van der Waals surface area contributed by atoms with Crippen LogP contribution < -0.4 is 0 Å². The fraction of sp³-hybridized carbons (Fsp3) is 0.128. The predicted molar refractivity (Wildman–Crippen MR) is 183 cm³/mol. The number of fused-ring (bicyclic) bond motifs is 3. The van der Waals surface area contributed by atoms with E-state index >= 15 is 0 Å². The molecule has 0 spiro atoms. The van der Waals surface area contributed by atoms with Gasteiger partial charge in [0.2, 0.25) is 0 Å². The van der Waals surface area contributed by atoms with E-state index in [0.29, 0.717) is 5.92 Å². The van der Waals surface area contributed by atoms with Crippen molar-refractivity contribution in [2.75, 3.05) is 0 Å². The summed E-state index contributed by atoms with van der Waals surface area (Å²) in [5.41, 5.74) is 9.36.